The van der Waals surface area contributed by atoms with E-state index < -0.39 is 29.2 Å². The zero-order valence-electron chi connectivity index (χ0n) is 12.2. The van der Waals surface area contributed by atoms with Crippen molar-refractivity contribution in [1.82, 2.24) is 5.43 Å². The number of rotatable bonds is 6. The Morgan fingerprint density at radius 3 is 2.38 bits per heavy atom. The first-order valence-corrected chi connectivity index (χ1v) is 6.48. The van der Waals surface area contributed by atoms with Crippen LogP contribution < -0.4 is 11.3 Å². The summed E-state index contributed by atoms with van der Waals surface area (Å²) in [4.78, 5) is 0. The third kappa shape index (κ3) is 4.94. The minimum absolute atomic E-state index is 0.197. The van der Waals surface area contributed by atoms with E-state index >= 15 is 0 Å². The normalized spacial score (nSPS) is 14.3. The van der Waals surface area contributed by atoms with E-state index in [1.165, 1.54) is 7.11 Å². The predicted molar refractivity (Wildman–Crippen MR) is 71.8 cm³/mol. The van der Waals surface area contributed by atoms with Crippen molar-refractivity contribution >= 4 is 0 Å². The largest absolute Gasteiger partial charge is 0.416 e. The first-order chi connectivity index (χ1) is 9.60. The summed E-state index contributed by atoms with van der Waals surface area (Å²) < 4.78 is 57.5. The van der Waals surface area contributed by atoms with Crippen LogP contribution in [0.3, 0.4) is 0 Å². The molecule has 0 heterocycles. The number of methoxy groups -OCH3 is 1. The van der Waals surface area contributed by atoms with Gasteiger partial charge in [0.15, 0.2) is 0 Å². The van der Waals surface area contributed by atoms with Gasteiger partial charge in [-0.1, -0.05) is 0 Å². The molecule has 1 aromatic carbocycles. The number of hydrogen-bond donors (Lipinski definition) is 2. The second-order valence-electron chi connectivity index (χ2n) is 5.45. The van der Waals surface area contributed by atoms with E-state index in [-0.39, 0.29) is 12.0 Å². The molecule has 120 valence electrons. The molecule has 0 spiro atoms. The first-order valence-electron chi connectivity index (χ1n) is 6.48. The van der Waals surface area contributed by atoms with E-state index in [9.17, 15) is 17.6 Å². The van der Waals surface area contributed by atoms with Crippen molar-refractivity contribution in [1.29, 1.82) is 0 Å². The maximum Gasteiger partial charge on any atom is 0.416 e. The summed E-state index contributed by atoms with van der Waals surface area (Å²) in [6.45, 7) is 3.63. The van der Waals surface area contributed by atoms with E-state index in [4.69, 9.17) is 10.6 Å². The molecule has 1 unspecified atom stereocenters. The monoisotopic (exact) mass is 308 g/mol. The van der Waals surface area contributed by atoms with Crippen LogP contribution in [0, 0.1) is 5.82 Å². The zero-order valence-corrected chi connectivity index (χ0v) is 12.2. The van der Waals surface area contributed by atoms with Crippen LogP contribution in [0.2, 0.25) is 0 Å². The zero-order chi connectivity index (χ0) is 16.3. The SMILES string of the molecule is COC(C)(C)CCC(NN)c1cc(F)ccc1C(F)(F)F. The maximum atomic E-state index is 13.3. The minimum atomic E-state index is -4.56. The summed E-state index contributed by atoms with van der Waals surface area (Å²) in [5, 5.41) is 0. The van der Waals surface area contributed by atoms with Crippen LogP contribution in [-0.2, 0) is 10.9 Å². The molecule has 0 saturated carbocycles. The molecule has 1 rings (SSSR count). The van der Waals surface area contributed by atoms with Gasteiger partial charge in [0.2, 0.25) is 0 Å². The average molecular weight is 308 g/mol. The molecule has 0 aliphatic carbocycles. The smallest absolute Gasteiger partial charge is 0.379 e. The van der Waals surface area contributed by atoms with Gasteiger partial charge in [0.05, 0.1) is 11.2 Å². The Bertz CT molecular complexity index is 475. The number of benzene rings is 1. The predicted octanol–water partition coefficient (Wildman–Crippen LogP) is 3.55. The first kappa shape index (κ1) is 17.9. The van der Waals surface area contributed by atoms with Crippen molar-refractivity contribution in [3.63, 3.8) is 0 Å². The molecule has 1 aromatic rings. The van der Waals surface area contributed by atoms with Crippen LogP contribution >= 0.6 is 0 Å². The average Bonchev–Trinajstić information content (AvgIpc) is 2.38. The van der Waals surface area contributed by atoms with Crippen LogP contribution in [0.25, 0.3) is 0 Å². The van der Waals surface area contributed by atoms with Crippen LogP contribution in [0.1, 0.15) is 43.9 Å². The van der Waals surface area contributed by atoms with E-state index in [1.54, 1.807) is 0 Å². The Balaban J connectivity index is 3.07. The number of hydrogen-bond acceptors (Lipinski definition) is 3. The molecule has 0 bridgehead atoms. The second-order valence-corrected chi connectivity index (χ2v) is 5.45. The number of ether oxygens (including phenoxy) is 1. The Morgan fingerprint density at radius 1 is 1.29 bits per heavy atom. The fourth-order valence-electron chi connectivity index (χ4n) is 2.00. The Labute approximate surface area is 121 Å². The van der Waals surface area contributed by atoms with Gasteiger partial charge in [-0.05, 0) is 50.5 Å². The highest BCUT2D eigenvalue weighted by Gasteiger charge is 2.35. The van der Waals surface area contributed by atoms with Gasteiger partial charge in [-0.15, -0.1) is 0 Å². The molecule has 0 aromatic heterocycles. The molecule has 0 saturated heterocycles. The van der Waals surface area contributed by atoms with E-state index in [2.05, 4.69) is 5.43 Å². The highest BCUT2D eigenvalue weighted by atomic mass is 19.4. The van der Waals surface area contributed by atoms with Crippen molar-refractivity contribution in [3.05, 3.63) is 35.1 Å². The summed E-state index contributed by atoms with van der Waals surface area (Å²) in [6, 6.07) is 1.58. The number of halogens is 4. The quantitative estimate of drug-likeness (QED) is 0.480. The Hall–Kier alpha value is -1.18. The number of hydrazine groups is 1. The van der Waals surface area contributed by atoms with Crippen LogP contribution in [0.5, 0.6) is 0 Å². The molecule has 0 radical (unpaired) electrons. The molecular formula is C14H20F4N2O. The molecular weight excluding hydrogens is 288 g/mol. The van der Waals surface area contributed by atoms with Gasteiger partial charge in [0.1, 0.15) is 5.82 Å². The van der Waals surface area contributed by atoms with Crippen molar-refractivity contribution in [2.75, 3.05) is 7.11 Å². The van der Waals surface area contributed by atoms with Crippen LogP contribution in [-0.4, -0.2) is 12.7 Å². The molecule has 3 N–H and O–H groups in total. The van der Waals surface area contributed by atoms with E-state index in [0.717, 1.165) is 18.2 Å². The van der Waals surface area contributed by atoms with Crippen molar-refractivity contribution in [3.8, 4) is 0 Å². The molecule has 21 heavy (non-hydrogen) atoms. The van der Waals surface area contributed by atoms with E-state index in [0.29, 0.717) is 6.42 Å². The molecule has 0 aliphatic rings. The molecule has 0 fully saturated rings. The summed E-state index contributed by atoms with van der Waals surface area (Å²) in [5.74, 6) is 4.63. The third-order valence-corrected chi connectivity index (χ3v) is 3.48. The van der Waals surface area contributed by atoms with Crippen LogP contribution in [0.4, 0.5) is 17.6 Å². The lowest BCUT2D eigenvalue weighted by atomic mass is 9.92. The van der Waals surface area contributed by atoms with Crippen molar-refractivity contribution in [2.45, 2.75) is 44.5 Å². The highest BCUT2D eigenvalue weighted by Crippen LogP contribution is 2.36. The topological polar surface area (TPSA) is 47.3 Å². The molecule has 7 heteroatoms. The number of nitrogens with two attached hydrogens (primary N) is 1. The summed E-state index contributed by atoms with van der Waals surface area (Å²) in [5.41, 5.74) is 0.749. The molecule has 0 aliphatic heterocycles. The van der Waals surface area contributed by atoms with Gasteiger partial charge in [-0.2, -0.15) is 13.2 Å². The maximum absolute atomic E-state index is 13.3. The number of alkyl halides is 3. The van der Waals surface area contributed by atoms with Crippen LogP contribution in [0.15, 0.2) is 18.2 Å². The third-order valence-electron chi connectivity index (χ3n) is 3.48. The Kier molecular flexibility index (Phi) is 5.72. The van der Waals surface area contributed by atoms with Crippen molar-refractivity contribution < 1.29 is 22.3 Å². The van der Waals surface area contributed by atoms with Gasteiger partial charge in [-0.3, -0.25) is 11.3 Å². The highest BCUT2D eigenvalue weighted by molar-refractivity contribution is 5.33. The van der Waals surface area contributed by atoms with Gasteiger partial charge >= 0.3 is 6.18 Å². The standard InChI is InChI=1S/C14H20F4N2O/c1-13(2,21-3)7-6-12(20-19)10-8-9(15)4-5-11(10)14(16,17)18/h4-5,8,12,20H,6-7,19H2,1-3H3. The summed E-state index contributed by atoms with van der Waals surface area (Å²) >= 11 is 0. The molecule has 0 amide bonds. The van der Waals surface area contributed by atoms with Gasteiger partial charge in [-0.25, -0.2) is 4.39 Å². The van der Waals surface area contributed by atoms with Gasteiger partial charge < -0.3 is 4.74 Å². The lowest BCUT2D eigenvalue weighted by Gasteiger charge is -2.27. The fraction of sp³-hybridized carbons (Fsp3) is 0.571. The van der Waals surface area contributed by atoms with Crippen molar-refractivity contribution in [2.24, 2.45) is 5.84 Å². The lowest BCUT2D eigenvalue weighted by Crippen LogP contribution is -2.32. The second kappa shape index (κ2) is 6.72. The molecule has 3 nitrogen and oxygen atoms in total. The van der Waals surface area contributed by atoms with Gasteiger partial charge in [0, 0.05) is 13.2 Å². The Morgan fingerprint density at radius 2 is 1.90 bits per heavy atom. The number of nitrogens with one attached hydrogen (secondary N) is 1. The fourth-order valence-corrected chi connectivity index (χ4v) is 2.00. The minimum Gasteiger partial charge on any atom is -0.379 e. The van der Waals surface area contributed by atoms with E-state index in [1.807, 2.05) is 13.8 Å². The lowest BCUT2D eigenvalue weighted by molar-refractivity contribution is -0.138. The van der Waals surface area contributed by atoms with Gasteiger partial charge in [0.25, 0.3) is 0 Å². The molecule has 1 atom stereocenters. The summed E-state index contributed by atoms with van der Waals surface area (Å²) in [6.07, 6.45) is -3.81. The summed E-state index contributed by atoms with van der Waals surface area (Å²) in [7, 11) is 1.52.